The maximum Gasteiger partial charge on any atom is 0.354 e. The Morgan fingerprint density at radius 2 is 2.05 bits per heavy atom. The second-order valence-corrected chi connectivity index (χ2v) is 4.77. The monoisotopic (exact) mass is 278 g/mol. The molecular weight excluding hydrogens is 256 g/mol. The number of methoxy groups -OCH3 is 1. The van der Waals surface area contributed by atoms with Gasteiger partial charge in [0.25, 0.3) is 0 Å². The lowest BCUT2D eigenvalue weighted by Crippen LogP contribution is -2.34. The molecule has 0 aliphatic heterocycles. The summed E-state index contributed by atoms with van der Waals surface area (Å²) in [5, 5.41) is 3.06. The molecule has 0 spiro atoms. The lowest BCUT2D eigenvalue weighted by atomic mass is 10.0. The molecule has 110 valence electrons. The van der Waals surface area contributed by atoms with Crippen LogP contribution < -0.4 is 5.32 Å². The molecule has 20 heavy (non-hydrogen) atoms. The van der Waals surface area contributed by atoms with Crippen molar-refractivity contribution >= 4 is 11.8 Å². The molecule has 0 fully saturated rings. The number of carbonyl (C=O) groups is 2. The number of hydrogen-bond donors (Lipinski definition) is 1. The molecule has 5 nitrogen and oxygen atoms in total. The summed E-state index contributed by atoms with van der Waals surface area (Å²) in [6.45, 7) is 9.57. The minimum absolute atomic E-state index is 0.0346. The van der Waals surface area contributed by atoms with E-state index in [4.69, 9.17) is 4.74 Å². The first kappa shape index (κ1) is 16.2. The van der Waals surface area contributed by atoms with Gasteiger partial charge in [-0.05, 0) is 26.3 Å². The lowest BCUT2D eigenvalue weighted by molar-refractivity contribution is 0.0588. The van der Waals surface area contributed by atoms with Crippen LogP contribution in [0.4, 0.5) is 0 Å². The van der Waals surface area contributed by atoms with Gasteiger partial charge < -0.3 is 14.6 Å². The highest BCUT2D eigenvalue weighted by Crippen LogP contribution is 2.23. The van der Waals surface area contributed by atoms with Gasteiger partial charge >= 0.3 is 5.97 Å². The van der Waals surface area contributed by atoms with Crippen LogP contribution >= 0.6 is 0 Å². The maximum absolute atomic E-state index is 12.5. The zero-order chi connectivity index (χ0) is 15.4. The third-order valence-corrected chi connectivity index (χ3v) is 3.52. The largest absolute Gasteiger partial charge is 0.464 e. The van der Waals surface area contributed by atoms with E-state index < -0.39 is 5.97 Å². The predicted molar refractivity (Wildman–Crippen MR) is 78.2 cm³/mol. The molecule has 1 heterocycles. The topological polar surface area (TPSA) is 60.3 Å². The van der Waals surface area contributed by atoms with Gasteiger partial charge in [0.1, 0.15) is 5.69 Å². The number of esters is 1. The average molecular weight is 278 g/mol. The first-order chi connectivity index (χ1) is 9.36. The molecular formula is C15H22N2O3. The highest BCUT2D eigenvalue weighted by molar-refractivity contribution is 6.05. The Labute approximate surface area is 119 Å². The van der Waals surface area contributed by atoms with Crippen molar-refractivity contribution in [2.75, 3.05) is 13.7 Å². The van der Waals surface area contributed by atoms with Gasteiger partial charge in [0, 0.05) is 24.8 Å². The molecule has 1 aromatic rings. The Bertz CT molecular complexity index is 544. The molecule has 1 unspecified atom stereocenters. The predicted octanol–water partition coefficient (Wildman–Crippen LogP) is 1.78. The molecule has 0 amide bonds. The second kappa shape index (κ2) is 6.52. The lowest BCUT2D eigenvalue weighted by Gasteiger charge is -2.12. The highest BCUT2D eigenvalue weighted by atomic mass is 16.5. The Kier molecular flexibility index (Phi) is 5.27. The van der Waals surface area contributed by atoms with Crippen molar-refractivity contribution in [3.8, 4) is 0 Å². The summed E-state index contributed by atoms with van der Waals surface area (Å²) in [6.07, 6.45) is 1.70. The standard InChI is InChI=1S/C15H22N2O3/c1-7-8-16-10(3)14(18)12-9(2)13(15(19)20-6)17(5)11(12)4/h7,10,16H,1,8H2,2-6H3. The number of rotatable bonds is 6. The highest BCUT2D eigenvalue weighted by Gasteiger charge is 2.27. The number of carbonyl (C=O) groups excluding carboxylic acids is 2. The smallest absolute Gasteiger partial charge is 0.354 e. The third kappa shape index (κ3) is 2.82. The summed E-state index contributed by atoms with van der Waals surface area (Å²) in [4.78, 5) is 24.3. The summed E-state index contributed by atoms with van der Waals surface area (Å²) in [5.41, 5.74) is 2.43. The molecule has 1 rings (SSSR count). The Morgan fingerprint density at radius 1 is 1.45 bits per heavy atom. The number of aromatic nitrogens is 1. The van der Waals surface area contributed by atoms with Crippen LogP contribution in [-0.2, 0) is 11.8 Å². The molecule has 5 heteroatoms. The van der Waals surface area contributed by atoms with E-state index in [-0.39, 0.29) is 11.8 Å². The van der Waals surface area contributed by atoms with Gasteiger partial charge in [-0.3, -0.25) is 4.79 Å². The van der Waals surface area contributed by atoms with E-state index in [1.165, 1.54) is 7.11 Å². The summed E-state index contributed by atoms with van der Waals surface area (Å²) >= 11 is 0. The molecule has 1 atom stereocenters. The van der Waals surface area contributed by atoms with Crippen LogP contribution in [0.5, 0.6) is 0 Å². The molecule has 0 saturated heterocycles. The summed E-state index contributed by atoms with van der Waals surface area (Å²) in [6, 6.07) is -0.335. The minimum atomic E-state index is -0.432. The van der Waals surface area contributed by atoms with Crippen molar-refractivity contribution in [3.63, 3.8) is 0 Å². The van der Waals surface area contributed by atoms with E-state index in [2.05, 4.69) is 11.9 Å². The van der Waals surface area contributed by atoms with Crippen LogP contribution in [0.3, 0.4) is 0 Å². The van der Waals surface area contributed by atoms with E-state index in [1.54, 1.807) is 31.5 Å². The Balaban J connectivity index is 3.22. The minimum Gasteiger partial charge on any atom is -0.464 e. The van der Waals surface area contributed by atoms with Gasteiger partial charge in [-0.2, -0.15) is 0 Å². The number of Topliss-reactive ketones (excluding diaryl/α,β-unsaturated/α-hetero) is 1. The van der Waals surface area contributed by atoms with Crippen LogP contribution in [0.2, 0.25) is 0 Å². The fourth-order valence-corrected chi connectivity index (χ4v) is 2.30. The Morgan fingerprint density at radius 3 is 2.55 bits per heavy atom. The van der Waals surface area contributed by atoms with Crippen molar-refractivity contribution in [2.45, 2.75) is 26.8 Å². The summed E-state index contributed by atoms with van der Waals surface area (Å²) in [7, 11) is 3.09. The van der Waals surface area contributed by atoms with Gasteiger partial charge in [0.2, 0.25) is 0 Å². The van der Waals surface area contributed by atoms with Crippen molar-refractivity contribution in [2.24, 2.45) is 7.05 Å². The SMILES string of the molecule is C=CCNC(C)C(=O)c1c(C)c(C(=O)OC)n(C)c1C. The number of hydrogen-bond acceptors (Lipinski definition) is 4. The van der Waals surface area contributed by atoms with Gasteiger partial charge in [-0.25, -0.2) is 4.79 Å². The number of ketones is 1. The maximum atomic E-state index is 12.5. The molecule has 0 radical (unpaired) electrons. The number of nitrogens with one attached hydrogen (secondary N) is 1. The fourth-order valence-electron chi connectivity index (χ4n) is 2.30. The first-order valence-corrected chi connectivity index (χ1v) is 6.49. The van der Waals surface area contributed by atoms with Crippen LogP contribution in [0, 0.1) is 13.8 Å². The molecule has 0 aliphatic rings. The average Bonchev–Trinajstić information content (AvgIpc) is 2.65. The second-order valence-electron chi connectivity index (χ2n) is 4.77. The van der Waals surface area contributed by atoms with Crippen LogP contribution in [0.25, 0.3) is 0 Å². The van der Waals surface area contributed by atoms with E-state index in [0.717, 1.165) is 5.69 Å². The van der Waals surface area contributed by atoms with E-state index in [9.17, 15) is 9.59 Å². The van der Waals surface area contributed by atoms with Crippen molar-refractivity contribution in [3.05, 3.63) is 35.2 Å². The summed E-state index contributed by atoms with van der Waals surface area (Å²) < 4.78 is 6.47. The Hall–Kier alpha value is -1.88. The van der Waals surface area contributed by atoms with Gasteiger partial charge in [0.15, 0.2) is 5.78 Å². The van der Waals surface area contributed by atoms with E-state index >= 15 is 0 Å². The van der Waals surface area contributed by atoms with Crippen LogP contribution in [0.15, 0.2) is 12.7 Å². The van der Waals surface area contributed by atoms with Crippen molar-refractivity contribution < 1.29 is 14.3 Å². The van der Waals surface area contributed by atoms with Crippen molar-refractivity contribution in [1.82, 2.24) is 9.88 Å². The first-order valence-electron chi connectivity index (χ1n) is 6.49. The molecule has 1 N–H and O–H groups in total. The van der Waals surface area contributed by atoms with Crippen molar-refractivity contribution in [1.29, 1.82) is 0 Å². The zero-order valence-electron chi connectivity index (χ0n) is 12.7. The number of ether oxygens (including phenoxy) is 1. The molecule has 0 bridgehead atoms. The molecule has 0 aliphatic carbocycles. The van der Waals surface area contributed by atoms with Gasteiger partial charge in [0.05, 0.1) is 13.2 Å². The normalized spacial score (nSPS) is 12.1. The molecule has 0 aromatic carbocycles. The quantitative estimate of drug-likeness (QED) is 0.489. The third-order valence-electron chi connectivity index (χ3n) is 3.52. The molecule has 1 aromatic heterocycles. The van der Waals surface area contributed by atoms with Gasteiger partial charge in [-0.15, -0.1) is 6.58 Å². The van der Waals surface area contributed by atoms with Crippen LogP contribution in [-0.4, -0.2) is 36.0 Å². The van der Waals surface area contributed by atoms with E-state index in [1.807, 2.05) is 6.92 Å². The van der Waals surface area contributed by atoms with Crippen LogP contribution in [0.1, 0.15) is 39.0 Å². The van der Waals surface area contributed by atoms with E-state index in [0.29, 0.717) is 23.4 Å². The summed E-state index contributed by atoms with van der Waals surface area (Å²) in [5.74, 6) is -0.466. The van der Waals surface area contributed by atoms with Gasteiger partial charge in [-0.1, -0.05) is 6.08 Å². The zero-order valence-corrected chi connectivity index (χ0v) is 12.7. The number of nitrogens with zero attached hydrogens (tertiary/aromatic N) is 1. The fraction of sp³-hybridized carbons (Fsp3) is 0.467. The molecule has 0 saturated carbocycles.